The maximum atomic E-state index is 11.1. The Labute approximate surface area is 162 Å². The molecule has 2 saturated heterocycles. The average Bonchev–Trinajstić information content (AvgIpc) is 2.75. The Morgan fingerprint density at radius 2 is 1.50 bits per heavy atom. The van der Waals surface area contributed by atoms with Gasteiger partial charge in [0, 0.05) is 50.9 Å². The minimum atomic E-state index is -0.412. The first-order valence-electron chi connectivity index (χ1n) is 9.25. The van der Waals surface area contributed by atoms with Crippen LogP contribution in [-0.2, 0) is 14.3 Å². The van der Waals surface area contributed by atoms with Crippen LogP contribution in [0.1, 0.15) is 6.92 Å². The smallest absolute Gasteiger partial charge is 0.309 e. The van der Waals surface area contributed by atoms with Gasteiger partial charge in [-0.05, 0) is 6.07 Å². The van der Waals surface area contributed by atoms with E-state index in [1.54, 1.807) is 18.3 Å². The molecule has 28 heavy (non-hydrogen) atoms. The van der Waals surface area contributed by atoms with Crippen LogP contribution in [0.5, 0.6) is 5.88 Å². The molecule has 2 fully saturated rings. The van der Waals surface area contributed by atoms with Gasteiger partial charge in [-0.25, -0.2) is 4.98 Å². The zero-order valence-corrected chi connectivity index (χ0v) is 15.7. The van der Waals surface area contributed by atoms with Gasteiger partial charge in [0.1, 0.15) is 0 Å². The summed E-state index contributed by atoms with van der Waals surface area (Å²) in [5.74, 6) is 1.61. The number of nitrogens with zero attached hydrogens (tertiary/aromatic N) is 6. The number of ether oxygens (including phenoxy) is 3. The average molecular weight is 386 g/mol. The summed E-state index contributed by atoms with van der Waals surface area (Å²) in [6, 6.07) is 3.41. The first-order valence-corrected chi connectivity index (χ1v) is 9.25. The van der Waals surface area contributed by atoms with Crippen LogP contribution < -0.4 is 14.5 Å². The molecule has 0 N–H and O–H groups in total. The number of carbonyl (C=O) groups is 1. The molecule has 0 saturated carbocycles. The summed E-state index contributed by atoms with van der Waals surface area (Å²) in [5, 5.41) is 0. The van der Waals surface area contributed by atoms with Gasteiger partial charge in [0.05, 0.1) is 26.4 Å². The molecule has 0 unspecified atom stereocenters. The van der Waals surface area contributed by atoms with Crippen molar-refractivity contribution in [3.8, 4) is 17.3 Å². The molecule has 0 bridgehead atoms. The van der Waals surface area contributed by atoms with E-state index in [1.807, 2.05) is 0 Å². The topological polar surface area (TPSA) is 103 Å². The van der Waals surface area contributed by atoms with E-state index in [0.29, 0.717) is 44.1 Å². The van der Waals surface area contributed by atoms with Gasteiger partial charge in [-0.1, -0.05) is 0 Å². The third kappa shape index (κ3) is 4.34. The predicted molar refractivity (Wildman–Crippen MR) is 100 cm³/mol. The van der Waals surface area contributed by atoms with Crippen molar-refractivity contribution in [3.63, 3.8) is 0 Å². The maximum Gasteiger partial charge on any atom is 0.309 e. The van der Waals surface area contributed by atoms with E-state index in [0.717, 1.165) is 31.7 Å². The molecule has 2 aliphatic rings. The fourth-order valence-electron chi connectivity index (χ4n) is 3.01. The van der Waals surface area contributed by atoms with Gasteiger partial charge in [0.2, 0.25) is 17.8 Å². The van der Waals surface area contributed by atoms with E-state index in [-0.39, 0.29) is 5.88 Å². The van der Waals surface area contributed by atoms with E-state index in [2.05, 4.69) is 24.8 Å². The Morgan fingerprint density at radius 1 is 0.929 bits per heavy atom. The summed E-state index contributed by atoms with van der Waals surface area (Å²) in [6.45, 7) is 6.85. The molecule has 2 aromatic heterocycles. The van der Waals surface area contributed by atoms with Crippen LogP contribution in [0.2, 0.25) is 0 Å². The number of esters is 1. The summed E-state index contributed by atoms with van der Waals surface area (Å²) in [7, 11) is 0. The molecule has 0 aliphatic carbocycles. The van der Waals surface area contributed by atoms with E-state index in [4.69, 9.17) is 19.2 Å². The summed E-state index contributed by atoms with van der Waals surface area (Å²) >= 11 is 0. The van der Waals surface area contributed by atoms with Crippen molar-refractivity contribution in [1.29, 1.82) is 0 Å². The van der Waals surface area contributed by atoms with Gasteiger partial charge in [-0.3, -0.25) is 4.79 Å². The Balaban J connectivity index is 1.67. The van der Waals surface area contributed by atoms with Gasteiger partial charge in [0.25, 0.3) is 0 Å². The van der Waals surface area contributed by atoms with Crippen molar-refractivity contribution in [2.24, 2.45) is 0 Å². The molecular weight excluding hydrogens is 364 g/mol. The SMILES string of the molecule is CC(=O)Oc1ccc(-c2nc(N3CCOCC3)nc(N3CCOCC3)n2)cn1. The van der Waals surface area contributed by atoms with Crippen LogP contribution >= 0.6 is 0 Å². The van der Waals surface area contributed by atoms with Crippen LogP contribution in [-0.4, -0.2) is 78.5 Å². The molecule has 10 heteroatoms. The highest BCUT2D eigenvalue weighted by molar-refractivity contribution is 5.69. The Kier molecular flexibility index (Phi) is 5.58. The molecular formula is C18H22N6O4. The van der Waals surface area contributed by atoms with Crippen molar-refractivity contribution in [2.45, 2.75) is 6.92 Å². The predicted octanol–water partition coefficient (Wildman–Crippen LogP) is 0.532. The minimum Gasteiger partial charge on any atom is -0.408 e. The Hall–Kier alpha value is -2.85. The number of aromatic nitrogens is 4. The molecule has 0 aromatic carbocycles. The molecule has 0 atom stereocenters. The van der Waals surface area contributed by atoms with Gasteiger partial charge in [0.15, 0.2) is 5.82 Å². The van der Waals surface area contributed by atoms with Crippen molar-refractivity contribution >= 4 is 17.9 Å². The highest BCUT2D eigenvalue weighted by Crippen LogP contribution is 2.23. The lowest BCUT2D eigenvalue weighted by Crippen LogP contribution is -2.40. The number of hydrogen-bond donors (Lipinski definition) is 0. The fraction of sp³-hybridized carbons (Fsp3) is 0.500. The van der Waals surface area contributed by atoms with Gasteiger partial charge >= 0.3 is 5.97 Å². The van der Waals surface area contributed by atoms with Crippen LogP contribution in [0.25, 0.3) is 11.4 Å². The standard InChI is InChI=1S/C18H22N6O4/c1-13(25)28-15-3-2-14(12-19-15)16-20-17(23-4-8-26-9-5-23)22-18(21-16)24-6-10-27-11-7-24/h2-3,12H,4-11H2,1H3. The van der Waals surface area contributed by atoms with Gasteiger partial charge in [-0.2, -0.15) is 15.0 Å². The van der Waals surface area contributed by atoms with E-state index < -0.39 is 5.97 Å². The van der Waals surface area contributed by atoms with Gasteiger partial charge < -0.3 is 24.0 Å². The number of hydrogen-bond acceptors (Lipinski definition) is 10. The summed E-state index contributed by atoms with van der Waals surface area (Å²) in [4.78, 5) is 33.4. The Bertz CT molecular complexity index is 783. The normalized spacial score (nSPS) is 17.5. The van der Waals surface area contributed by atoms with Crippen molar-refractivity contribution < 1.29 is 19.0 Å². The molecule has 148 valence electrons. The second-order valence-corrected chi connectivity index (χ2v) is 6.44. The number of rotatable bonds is 4. The van der Waals surface area contributed by atoms with Crippen LogP contribution in [0.4, 0.5) is 11.9 Å². The first-order chi connectivity index (χ1) is 13.7. The van der Waals surface area contributed by atoms with Crippen molar-refractivity contribution in [1.82, 2.24) is 19.9 Å². The van der Waals surface area contributed by atoms with Crippen molar-refractivity contribution in [3.05, 3.63) is 18.3 Å². The monoisotopic (exact) mass is 386 g/mol. The third-order valence-electron chi connectivity index (χ3n) is 4.44. The molecule has 0 radical (unpaired) electrons. The van der Waals surface area contributed by atoms with Crippen molar-refractivity contribution in [2.75, 3.05) is 62.4 Å². The zero-order valence-electron chi connectivity index (χ0n) is 15.7. The molecule has 4 heterocycles. The summed E-state index contributed by atoms with van der Waals surface area (Å²) in [5.41, 5.74) is 0.724. The lowest BCUT2D eigenvalue weighted by molar-refractivity contribution is -0.132. The van der Waals surface area contributed by atoms with Gasteiger partial charge in [-0.15, -0.1) is 0 Å². The number of anilines is 2. The second-order valence-electron chi connectivity index (χ2n) is 6.44. The number of morpholine rings is 2. The number of carbonyl (C=O) groups excluding carboxylic acids is 1. The highest BCUT2D eigenvalue weighted by Gasteiger charge is 2.21. The first kappa shape index (κ1) is 18.5. The number of pyridine rings is 1. The minimum absolute atomic E-state index is 0.243. The maximum absolute atomic E-state index is 11.1. The highest BCUT2D eigenvalue weighted by atomic mass is 16.5. The van der Waals surface area contributed by atoms with Crippen LogP contribution in [0.3, 0.4) is 0 Å². The lowest BCUT2D eigenvalue weighted by atomic mass is 10.2. The lowest BCUT2D eigenvalue weighted by Gasteiger charge is -2.30. The Morgan fingerprint density at radius 3 is 1.96 bits per heavy atom. The van der Waals surface area contributed by atoms with Crippen LogP contribution in [0, 0.1) is 0 Å². The summed E-state index contributed by atoms with van der Waals surface area (Å²) < 4.78 is 15.9. The molecule has 4 rings (SSSR count). The van der Waals surface area contributed by atoms with E-state index in [1.165, 1.54) is 6.92 Å². The largest absolute Gasteiger partial charge is 0.408 e. The third-order valence-corrected chi connectivity index (χ3v) is 4.44. The summed E-state index contributed by atoms with van der Waals surface area (Å²) in [6.07, 6.45) is 1.60. The van der Waals surface area contributed by atoms with E-state index in [9.17, 15) is 4.79 Å². The molecule has 10 nitrogen and oxygen atoms in total. The molecule has 0 amide bonds. The zero-order chi connectivity index (χ0) is 19.3. The fourth-order valence-corrected chi connectivity index (χ4v) is 3.01. The van der Waals surface area contributed by atoms with Crippen LogP contribution in [0.15, 0.2) is 18.3 Å². The molecule has 0 spiro atoms. The quantitative estimate of drug-likeness (QED) is 0.691. The molecule has 2 aromatic rings. The second kappa shape index (κ2) is 8.44. The van der Waals surface area contributed by atoms with E-state index >= 15 is 0 Å². The molecule has 2 aliphatic heterocycles.